The Labute approximate surface area is 118 Å². The predicted molar refractivity (Wildman–Crippen MR) is 72.7 cm³/mol. The summed E-state index contributed by atoms with van der Waals surface area (Å²) in [5.74, 6) is -1.18. The molecule has 0 fully saturated rings. The van der Waals surface area contributed by atoms with Crippen LogP contribution in [0.2, 0.25) is 0 Å². The Morgan fingerprint density at radius 1 is 1.20 bits per heavy atom. The molecule has 0 aliphatic heterocycles. The number of halogens is 2. The van der Waals surface area contributed by atoms with E-state index in [1.165, 1.54) is 18.2 Å². The highest BCUT2D eigenvalue weighted by atomic mass is 32.1. The van der Waals surface area contributed by atoms with Crippen molar-refractivity contribution in [1.29, 1.82) is 0 Å². The minimum absolute atomic E-state index is 0.106. The van der Waals surface area contributed by atoms with E-state index in [1.54, 1.807) is 6.07 Å². The minimum atomic E-state index is -0.589. The van der Waals surface area contributed by atoms with Gasteiger partial charge in [0.05, 0.1) is 4.92 Å². The van der Waals surface area contributed by atoms with Crippen molar-refractivity contribution in [3.63, 3.8) is 0 Å². The van der Waals surface area contributed by atoms with E-state index in [0.29, 0.717) is 25.1 Å². The number of rotatable bonds is 6. The molecule has 106 valence electrons. The molecule has 1 heterocycles. The highest BCUT2D eigenvalue weighted by Crippen LogP contribution is 2.23. The molecule has 7 heteroatoms. The van der Waals surface area contributed by atoms with Gasteiger partial charge in [0.25, 0.3) is 0 Å². The number of benzene rings is 1. The third-order valence-electron chi connectivity index (χ3n) is 2.64. The normalized spacial score (nSPS) is 10.7. The second-order valence-electron chi connectivity index (χ2n) is 4.20. The van der Waals surface area contributed by atoms with Crippen LogP contribution in [-0.2, 0) is 13.0 Å². The van der Waals surface area contributed by atoms with E-state index in [2.05, 4.69) is 5.32 Å². The molecule has 0 saturated heterocycles. The van der Waals surface area contributed by atoms with E-state index in [1.807, 2.05) is 0 Å². The highest BCUT2D eigenvalue weighted by Gasteiger charge is 2.09. The fourth-order valence-electron chi connectivity index (χ4n) is 1.76. The second kappa shape index (κ2) is 6.53. The summed E-state index contributed by atoms with van der Waals surface area (Å²) in [5, 5.41) is 13.7. The summed E-state index contributed by atoms with van der Waals surface area (Å²) >= 11 is 1.11. The predicted octanol–water partition coefficient (Wildman–Crippen LogP) is 3.27. The van der Waals surface area contributed by atoms with Gasteiger partial charge in [-0.05, 0) is 36.7 Å². The molecule has 0 amide bonds. The standard InChI is InChI=1S/C13H12F2N2O2S/c14-10-5-9(6-11(15)7-10)3-4-16-8-12-1-2-13(20-12)17(18)19/h1-2,5-7,16H,3-4,8H2. The van der Waals surface area contributed by atoms with Crippen LogP contribution in [0, 0.1) is 21.7 Å². The first kappa shape index (κ1) is 14.5. The summed E-state index contributed by atoms with van der Waals surface area (Å²) < 4.78 is 25.9. The average Bonchev–Trinajstić information content (AvgIpc) is 2.82. The molecule has 1 aromatic carbocycles. The van der Waals surface area contributed by atoms with Crippen molar-refractivity contribution in [3.05, 3.63) is 62.5 Å². The van der Waals surface area contributed by atoms with E-state index < -0.39 is 16.6 Å². The summed E-state index contributed by atoms with van der Waals surface area (Å²) in [7, 11) is 0. The first-order valence-electron chi connectivity index (χ1n) is 5.93. The summed E-state index contributed by atoms with van der Waals surface area (Å²) in [6.45, 7) is 1.03. The van der Waals surface area contributed by atoms with Crippen LogP contribution in [0.5, 0.6) is 0 Å². The molecule has 20 heavy (non-hydrogen) atoms. The van der Waals surface area contributed by atoms with Gasteiger partial charge in [0.2, 0.25) is 0 Å². The van der Waals surface area contributed by atoms with Gasteiger partial charge in [0, 0.05) is 23.6 Å². The number of nitrogens with zero attached hydrogens (tertiary/aromatic N) is 1. The first-order valence-corrected chi connectivity index (χ1v) is 6.75. The van der Waals surface area contributed by atoms with E-state index in [-0.39, 0.29) is 5.00 Å². The Balaban J connectivity index is 1.79. The van der Waals surface area contributed by atoms with Crippen LogP contribution in [-0.4, -0.2) is 11.5 Å². The molecule has 0 radical (unpaired) electrons. The molecule has 4 nitrogen and oxygen atoms in total. The molecule has 0 saturated carbocycles. The Bertz CT molecular complexity index is 596. The monoisotopic (exact) mass is 298 g/mol. The third-order valence-corrected chi connectivity index (χ3v) is 3.68. The Hall–Kier alpha value is -1.86. The van der Waals surface area contributed by atoms with E-state index in [9.17, 15) is 18.9 Å². The lowest BCUT2D eigenvalue weighted by molar-refractivity contribution is -0.380. The third kappa shape index (κ3) is 4.07. The van der Waals surface area contributed by atoms with Gasteiger partial charge >= 0.3 is 5.00 Å². The van der Waals surface area contributed by atoms with Crippen LogP contribution in [0.15, 0.2) is 30.3 Å². The van der Waals surface area contributed by atoms with Crippen molar-refractivity contribution in [2.45, 2.75) is 13.0 Å². The van der Waals surface area contributed by atoms with Gasteiger partial charge < -0.3 is 5.32 Å². The molecule has 0 aliphatic rings. The topological polar surface area (TPSA) is 55.2 Å². The quantitative estimate of drug-likeness (QED) is 0.506. The van der Waals surface area contributed by atoms with Gasteiger partial charge in [-0.25, -0.2) is 8.78 Å². The molecule has 0 bridgehead atoms. The summed E-state index contributed by atoms with van der Waals surface area (Å²) in [5.41, 5.74) is 0.576. The van der Waals surface area contributed by atoms with Crippen LogP contribution in [0.25, 0.3) is 0 Å². The smallest absolute Gasteiger partial charge is 0.312 e. The summed E-state index contributed by atoms with van der Waals surface area (Å²) in [6.07, 6.45) is 0.488. The SMILES string of the molecule is O=[N+]([O-])c1ccc(CNCCc2cc(F)cc(F)c2)s1. The molecule has 1 aromatic heterocycles. The average molecular weight is 298 g/mol. The molecule has 0 spiro atoms. The summed E-state index contributed by atoms with van der Waals surface area (Å²) in [4.78, 5) is 10.9. The Kier molecular flexibility index (Phi) is 4.75. The molecular weight excluding hydrogens is 286 g/mol. The van der Waals surface area contributed by atoms with Gasteiger partial charge in [-0.1, -0.05) is 11.3 Å². The zero-order valence-corrected chi connectivity index (χ0v) is 11.3. The van der Waals surface area contributed by atoms with Gasteiger partial charge in [0.15, 0.2) is 0 Å². The maximum absolute atomic E-state index is 13.0. The maximum Gasteiger partial charge on any atom is 0.324 e. The maximum atomic E-state index is 13.0. The van der Waals surface area contributed by atoms with Crippen molar-refractivity contribution in [3.8, 4) is 0 Å². The van der Waals surface area contributed by atoms with Gasteiger partial charge in [-0.3, -0.25) is 10.1 Å². The molecule has 0 atom stereocenters. The number of nitro groups is 1. The molecule has 2 rings (SSSR count). The van der Waals surface area contributed by atoms with Crippen LogP contribution < -0.4 is 5.32 Å². The van der Waals surface area contributed by atoms with Crippen LogP contribution in [0.3, 0.4) is 0 Å². The van der Waals surface area contributed by atoms with Crippen molar-refractivity contribution in [2.75, 3.05) is 6.54 Å². The van der Waals surface area contributed by atoms with Crippen molar-refractivity contribution < 1.29 is 13.7 Å². The number of nitrogens with one attached hydrogen (secondary N) is 1. The lowest BCUT2D eigenvalue weighted by atomic mass is 10.1. The number of hydrogen-bond donors (Lipinski definition) is 1. The number of thiophene rings is 1. The zero-order valence-electron chi connectivity index (χ0n) is 10.4. The van der Waals surface area contributed by atoms with Gasteiger partial charge in [0.1, 0.15) is 11.6 Å². The first-order chi connectivity index (χ1) is 9.54. The van der Waals surface area contributed by atoms with Crippen molar-refractivity contribution in [1.82, 2.24) is 5.32 Å². The fraction of sp³-hybridized carbons (Fsp3) is 0.231. The molecule has 0 unspecified atom stereocenters. The Morgan fingerprint density at radius 2 is 1.90 bits per heavy atom. The van der Waals surface area contributed by atoms with Gasteiger partial charge in [-0.2, -0.15) is 0 Å². The summed E-state index contributed by atoms with van der Waals surface area (Å²) in [6, 6.07) is 6.57. The lowest BCUT2D eigenvalue weighted by Crippen LogP contribution is -2.16. The number of hydrogen-bond acceptors (Lipinski definition) is 4. The molecule has 2 aromatic rings. The fourth-order valence-corrected chi connectivity index (χ4v) is 2.55. The molecular formula is C13H12F2N2O2S. The van der Waals surface area contributed by atoms with Gasteiger partial charge in [-0.15, -0.1) is 0 Å². The van der Waals surface area contributed by atoms with E-state index in [0.717, 1.165) is 22.3 Å². The highest BCUT2D eigenvalue weighted by molar-refractivity contribution is 7.15. The molecule has 1 N–H and O–H groups in total. The minimum Gasteiger partial charge on any atom is -0.312 e. The Morgan fingerprint density at radius 3 is 2.50 bits per heavy atom. The van der Waals surface area contributed by atoms with Crippen molar-refractivity contribution in [2.24, 2.45) is 0 Å². The van der Waals surface area contributed by atoms with Crippen molar-refractivity contribution >= 4 is 16.3 Å². The largest absolute Gasteiger partial charge is 0.324 e. The van der Waals surface area contributed by atoms with E-state index in [4.69, 9.17) is 0 Å². The molecule has 0 aliphatic carbocycles. The lowest BCUT2D eigenvalue weighted by Gasteiger charge is -2.04. The van der Waals surface area contributed by atoms with E-state index >= 15 is 0 Å². The van der Waals surface area contributed by atoms with Crippen LogP contribution >= 0.6 is 11.3 Å². The second-order valence-corrected chi connectivity index (χ2v) is 5.35. The van der Waals surface area contributed by atoms with Crippen LogP contribution in [0.1, 0.15) is 10.4 Å². The zero-order chi connectivity index (χ0) is 14.5. The van der Waals surface area contributed by atoms with Crippen LogP contribution in [0.4, 0.5) is 13.8 Å².